The summed E-state index contributed by atoms with van der Waals surface area (Å²) in [7, 11) is 1.76. The van der Waals surface area contributed by atoms with Crippen LogP contribution in [0.3, 0.4) is 0 Å². The van der Waals surface area contributed by atoms with Crippen molar-refractivity contribution >= 4 is 58.3 Å². The average molecular weight is 492 g/mol. The molecule has 1 saturated heterocycles. The quantitative estimate of drug-likeness (QED) is 0.480. The predicted octanol–water partition coefficient (Wildman–Crippen LogP) is 3.87. The highest BCUT2D eigenvalue weighted by Crippen LogP contribution is 2.28. The van der Waals surface area contributed by atoms with E-state index in [0.717, 1.165) is 12.0 Å². The van der Waals surface area contributed by atoms with Gasteiger partial charge in [0.25, 0.3) is 0 Å². The molecular formula is C22H23ClFN5O3S. The third kappa shape index (κ3) is 5.65. The molecule has 1 aliphatic rings. The van der Waals surface area contributed by atoms with Crippen molar-refractivity contribution in [3.05, 3.63) is 65.1 Å². The van der Waals surface area contributed by atoms with Gasteiger partial charge < -0.3 is 26.1 Å². The Morgan fingerprint density at radius 3 is 2.73 bits per heavy atom. The predicted molar refractivity (Wildman–Crippen MR) is 129 cm³/mol. The summed E-state index contributed by atoms with van der Waals surface area (Å²) in [6, 6.07) is 11.1. The maximum atomic E-state index is 13.0. The number of thioether (sulfide) groups is 1. The van der Waals surface area contributed by atoms with E-state index >= 15 is 0 Å². The first kappa shape index (κ1) is 24.6. The van der Waals surface area contributed by atoms with Crippen LogP contribution in [0.5, 0.6) is 0 Å². The van der Waals surface area contributed by atoms with Crippen LogP contribution in [-0.4, -0.2) is 52.5 Å². The fourth-order valence-electron chi connectivity index (χ4n) is 3.34. The lowest BCUT2D eigenvalue weighted by atomic mass is 10.2. The SMILES string of the molecule is CNCc1cccc(Cl)c1F.NC(=O)n1cc(NC(=O)N2CCSC2C=O)c2ccccc21. The van der Waals surface area contributed by atoms with Crippen LogP contribution in [0.15, 0.2) is 48.7 Å². The lowest BCUT2D eigenvalue weighted by Gasteiger charge is -2.19. The van der Waals surface area contributed by atoms with Gasteiger partial charge in [-0.3, -0.25) is 4.57 Å². The fourth-order valence-corrected chi connectivity index (χ4v) is 4.54. The molecule has 1 atom stereocenters. The standard InChI is InChI=1S/C14H14N4O3S.C8H9ClFN/c15-13(20)18-7-10(9-3-1-2-4-11(9)18)16-14(21)17-5-6-22-12(17)8-19;1-11-5-6-3-2-4-7(9)8(6)10/h1-4,7-8,12H,5-6H2,(H2,15,20)(H,16,21);2-4,11H,5H2,1H3. The van der Waals surface area contributed by atoms with E-state index in [1.54, 1.807) is 37.4 Å². The minimum Gasteiger partial charge on any atom is -0.351 e. The fraction of sp³-hybridized carbons (Fsp3) is 0.227. The van der Waals surface area contributed by atoms with Crippen molar-refractivity contribution in [2.24, 2.45) is 5.73 Å². The second-order valence-electron chi connectivity index (χ2n) is 7.03. The number of fused-ring (bicyclic) bond motifs is 1. The Morgan fingerprint density at radius 1 is 1.27 bits per heavy atom. The number of para-hydroxylation sites is 1. The third-order valence-electron chi connectivity index (χ3n) is 4.90. The largest absolute Gasteiger partial charge is 0.351 e. The molecule has 0 spiro atoms. The lowest BCUT2D eigenvalue weighted by molar-refractivity contribution is -0.109. The van der Waals surface area contributed by atoms with Crippen LogP contribution in [0.25, 0.3) is 10.9 Å². The number of carbonyl (C=O) groups is 3. The van der Waals surface area contributed by atoms with Gasteiger partial charge in [-0.15, -0.1) is 11.8 Å². The number of rotatable bonds is 4. The second kappa shape index (κ2) is 11.2. The number of urea groups is 1. The molecule has 1 aromatic heterocycles. The van der Waals surface area contributed by atoms with E-state index in [9.17, 15) is 18.8 Å². The zero-order valence-corrected chi connectivity index (χ0v) is 19.3. The highest BCUT2D eigenvalue weighted by atomic mass is 35.5. The number of primary amides is 1. The Kier molecular flexibility index (Phi) is 8.32. The van der Waals surface area contributed by atoms with Gasteiger partial charge >= 0.3 is 12.1 Å². The highest BCUT2D eigenvalue weighted by Gasteiger charge is 2.29. The first-order valence-electron chi connectivity index (χ1n) is 9.99. The molecule has 1 fully saturated rings. The lowest BCUT2D eigenvalue weighted by Crippen LogP contribution is -2.38. The minimum atomic E-state index is -0.626. The molecule has 11 heteroatoms. The van der Waals surface area contributed by atoms with E-state index in [-0.39, 0.29) is 16.9 Å². The van der Waals surface area contributed by atoms with Gasteiger partial charge in [0.2, 0.25) is 0 Å². The summed E-state index contributed by atoms with van der Waals surface area (Å²) >= 11 is 6.97. The van der Waals surface area contributed by atoms with Gasteiger partial charge in [0.05, 0.1) is 16.2 Å². The Labute approximate surface area is 199 Å². The van der Waals surface area contributed by atoms with Crippen LogP contribution in [0.4, 0.5) is 19.7 Å². The van der Waals surface area contributed by atoms with Crippen LogP contribution in [0, 0.1) is 5.82 Å². The molecule has 4 rings (SSSR count). The number of nitrogens with zero attached hydrogens (tertiary/aromatic N) is 2. The van der Waals surface area contributed by atoms with Crippen molar-refractivity contribution in [2.45, 2.75) is 11.9 Å². The molecule has 2 heterocycles. The molecule has 8 nitrogen and oxygen atoms in total. The summed E-state index contributed by atoms with van der Waals surface area (Å²) in [5, 5.41) is 6.03. The van der Waals surface area contributed by atoms with Crippen molar-refractivity contribution in [3.8, 4) is 0 Å². The number of aldehydes is 1. The van der Waals surface area contributed by atoms with E-state index in [1.807, 2.05) is 6.07 Å². The Hall–Kier alpha value is -3.08. The van der Waals surface area contributed by atoms with Gasteiger partial charge in [0, 0.05) is 36.0 Å². The molecule has 0 bridgehead atoms. The van der Waals surface area contributed by atoms with Crippen LogP contribution < -0.4 is 16.4 Å². The van der Waals surface area contributed by atoms with Crippen molar-refractivity contribution in [2.75, 3.05) is 24.7 Å². The first-order valence-corrected chi connectivity index (χ1v) is 11.4. The summed E-state index contributed by atoms with van der Waals surface area (Å²) < 4.78 is 14.3. The van der Waals surface area contributed by atoms with Crippen molar-refractivity contribution in [3.63, 3.8) is 0 Å². The number of amides is 3. The normalized spacial score (nSPS) is 15.1. The molecule has 0 aliphatic carbocycles. The van der Waals surface area contributed by atoms with Gasteiger partial charge in [-0.1, -0.05) is 41.9 Å². The van der Waals surface area contributed by atoms with Crippen molar-refractivity contribution in [1.29, 1.82) is 0 Å². The van der Waals surface area contributed by atoms with Gasteiger partial charge in [-0.05, 0) is 19.2 Å². The molecule has 0 saturated carbocycles. The number of nitrogens with two attached hydrogens (primary N) is 1. The molecule has 0 radical (unpaired) electrons. The van der Waals surface area contributed by atoms with Crippen LogP contribution >= 0.6 is 23.4 Å². The molecular weight excluding hydrogens is 469 g/mol. The van der Waals surface area contributed by atoms with E-state index in [1.165, 1.54) is 33.5 Å². The Bertz CT molecular complexity index is 1170. The van der Waals surface area contributed by atoms with E-state index in [2.05, 4.69) is 10.6 Å². The summed E-state index contributed by atoms with van der Waals surface area (Å²) in [6.45, 7) is 1.01. The zero-order chi connectivity index (χ0) is 24.0. The molecule has 4 N–H and O–H groups in total. The van der Waals surface area contributed by atoms with Gasteiger partial charge in [0.15, 0.2) is 6.29 Å². The van der Waals surface area contributed by atoms with Crippen LogP contribution in [-0.2, 0) is 11.3 Å². The van der Waals surface area contributed by atoms with Gasteiger partial charge in [0.1, 0.15) is 11.2 Å². The number of halogens is 2. The van der Waals surface area contributed by atoms with Crippen LogP contribution in [0.2, 0.25) is 5.02 Å². The number of carbonyl (C=O) groups excluding carboxylic acids is 3. The number of hydrogen-bond donors (Lipinski definition) is 3. The number of anilines is 1. The Morgan fingerprint density at radius 2 is 2.03 bits per heavy atom. The maximum Gasteiger partial charge on any atom is 0.323 e. The molecule has 3 amide bonds. The number of nitrogens with one attached hydrogen (secondary N) is 2. The summed E-state index contributed by atoms with van der Waals surface area (Å²) in [6.07, 6.45) is 2.24. The number of hydrogen-bond acceptors (Lipinski definition) is 5. The maximum absolute atomic E-state index is 13.0. The monoisotopic (exact) mass is 491 g/mol. The molecule has 2 aromatic carbocycles. The van der Waals surface area contributed by atoms with Crippen molar-refractivity contribution in [1.82, 2.24) is 14.8 Å². The number of aromatic nitrogens is 1. The van der Waals surface area contributed by atoms with Crippen molar-refractivity contribution < 1.29 is 18.8 Å². The average Bonchev–Trinajstić information content (AvgIpc) is 3.43. The summed E-state index contributed by atoms with van der Waals surface area (Å²) in [5.41, 5.74) is 7.04. The van der Waals surface area contributed by atoms with E-state index in [4.69, 9.17) is 17.3 Å². The zero-order valence-electron chi connectivity index (χ0n) is 17.8. The van der Waals surface area contributed by atoms with Gasteiger partial charge in [-0.2, -0.15) is 0 Å². The first-order chi connectivity index (χ1) is 15.9. The minimum absolute atomic E-state index is 0.178. The smallest absolute Gasteiger partial charge is 0.323 e. The third-order valence-corrected chi connectivity index (χ3v) is 6.31. The Balaban J connectivity index is 0.000000235. The summed E-state index contributed by atoms with van der Waals surface area (Å²) in [5.74, 6) is 0.392. The van der Waals surface area contributed by atoms with Crippen LogP contribution in [0.1, 0.15) is 5.56 Å². The second-order valence-corrected chi connectivity index (χ2v) is 8.66. The van der Waals surface area contributed by atoms with Gasteiger partial charge in [-0.25, -0.2) is 14.0 Å². The number of benzene rings is 2. The molecule has 3 aromatic rings. The molecule has 1 unspecified atom stereocenters. The molecule has 1 aliphatic heterocycles. The molecule has 174 valence electrons. The molecule has 33 heavy (non-hydrogen) atoms. The highest BCUT2D eigenvalue weighted by molar-refractivity contribution is 8.00. The topological polar surface area (TPSA) is 109 Å². The van der Waals surface area contributed by atoms with E-state index in [0.29, 0.717) is 35.2 Å². The summed E-state index contributed by atoms with van der Waals surface area (Å²) in [4.78, 5) is 36.2. The van der Waals surface area contributed by atoms with E-state index < -0.39 is 11.4 Å².